The molecule has 3 fully saturated rings. The second-order valence-electron chi connectivity index (χ2n) is 4.33. The molecule has 0 aromatic heterocycles. The van der Waals surface area contributed by atoms with Gasteiger partial charge in [-0.25, -0.2) is 0 Å². The van der Waals surface area contributed by atoms with Crippen LogP contribution in [0.25, 0.3) is 0 Å². The van der Waals surface area contributed by atoms with Crippen molar-refractivity contribution < 1.29 is 4.79 Å². The molecule has 0 unspecified atom stereocenters. The molecule has 1 nitrogen and oxygen atoms in total. The van der Waals surface area contributed by atoms with Crippen LogP contribution in [0.1, 0.15) is 32.1 Å². The van der Waals surface area contributed by atoms with Crippen LogP contribution in [0.4, 0.5) is 0 Å². The van der Waals surface area contributed by atoms with E-state index >= 15 is 0 Å². The molecule has 0 N–H and O–H groups in total. The van der Waals surface area contributed by atoms with Gasteiger partial charge in [0, 0.05) is 12.8 Å². The second kappa shape index (κ2) is 1.32. The zero-order valence-corrected chi connectivity index (χ0v) is 6.10. The van der Waals surface area contributed by atoms with Gasteiger partial charge in [-0.15, -0.1) is 0 Å². The number of Topliss-reactive ketones (excluding diaryl/α,β-unsaturated/α-hetero) is 1. The van der Waals surface area contributed by atoms with Crippen LogP contribution in [0, 0.1) is 17.3 Å². The van der Waals surface area contributed by atoms with Gasteiger partial charge in [-0.1, -0.05) is 0 Å². The fraction of sp³-hybridized carbons (Fsp3) is 0.889. The Labute approximate surface area is 60.8 Å². The minimum atomic E-state index is 0.545. The summed E-state index contributed by atoms with van der Waals surface area (Å²) in [7, 11) is 0. The monoisotopic (exact) mass is 136 g/mol. The highest BCUT2D eigenvalue weighted by Crippen LogP contribution is 2.71. The average Bonchev–Trinajstić information content (AvgIpc) is 2.70. The average molecular weight is 136 g/mol. The third-order valence-electron chi connectivity index (χ3n) is 3.67. The van der Waals surface area contributed by atoms with E-state index in [9.17, 15) is 4.79 Å². The van der Waals surface area contributed by atoms with Gasteiger partial charge in [-0.2, -0.15) is 0 Å². The van der Waals surface area contributed by atoms with E-state index in [0.717, 1.165) is 24.7 Å². The summed E-state index contributed by atoms with van der Waals surface area (Å²) in [6.45, 7) is 0. The van der Waals surface area contributed by atoms with Gasteiger partial charge in [0.2, 0.25) is 0 Å². The van der Waals surface area contributed by atoms with Crippen molar-refractivity contribution in [2.75, 3.05) is 0 Å². The lowest BCUT2D eigenvalue weighted by Gasteiger charge is -2.06. The SMILES string of the molecule is O=C1C[C@@H]2C[C@]2(C2CC2)C1. The highest BCUT2D eigenvalue weighted by molar-refractivity contribution is 5.84. The number of carbonyl (C=O) groups is 1. The van der Waals surface area contributed by atoms with E-state index < -0.39 is 0 Å². The summed E-state index contributed by atoms with van der Waals surface area (Å²) in [6, 6.07) is 0. The topological polar surface area (TPSA) is 17.1 Å². The Hall–Kier alpha value is -0.330. The summed E-state index contributed by atoms with van der Waals surface area (Å²) in [4.78, 5) is 11.0. The minimum Gasteiger partial charge on any atom is -0.300 e. The zero-order chi connectivity index (χ0) is 6.77. The molecule has 3 aliphatic carbocycles. The predicted octanol–water partition coefficient (Wildman–Crippen LogP) is 1.77. The highest BCUT2D eigenvalue weighted by Gasteiger charge is 2.65. The molecule has 54 valence electrons. The van der Waals surface area contributed by atoms with E-state index in [1.807, 2.05) is 0 Å². The molecular weight excluding hydrogens is 124 g/mol. The Morgan fingerprint density at radius 2 is 2.10 bits per heavy atom. The lowest BCUT2D eigenvalue weighted by atomic mass is 9.97. The molecule has 0 saturated heterocycles. The Bertz CT molecular complexity index is 205. The minimum absolute atomic E-state index is 0.545. The van der Waals surface area contributed by atoms with Gasteiger partial charge in [0.1, 0.15) is 5.78 Å². The molecule has 0 aliphatic heterocycles. The molecule has 0 amide bonds. The number of rotatable bonds is 1. The molecule has 0 radical (unpaired) electrons. The van der Waals surface area contributed by atoms with Crippen molar-refractivity contribution >= 4 is 5.78 Å². The Kier molecular flexibility index (Phi) is 0.704. The normalized spacial score (nSPS) is 51.2. The highest BCUT2D eigenvalue weighted by atomic mass is 16.1. The summed E-state index contributed by atoms with van der Waals surface area (Å²) in [5.74, 6) is 2.36. The summed E-state index contributed by atoms with van der Waals surface area (Å²) < 4.78 is 0. The van der Waals surface area contributed by atoms with Crippen molar-refractivity contribution in [1.29, 1.82) is 0 Å². The summed E-state index contributed by atoms with van der Waals surface area (Å²) >= 11 is 0. The first-order valence-corrected chi connectivity index (χ1v) is 4.33. The van der Waals surface area contributed by atoms with Crippen molar-refractivity contribution in [1.82, 2.24) is 0 Å². The first-order valence-electron chi connectivity index (χ1n) is 4.33. The van der Waals surface area contributed by atoms with Gasteiger partial charge in [-0.05, 0) is 36.5 Å². The standard InChI is InChI=1S/C9H12O/c10-8-3-7-4-9(7,5-8)6-1-2-6/h6-7H,1-5H2/t7-,9-/m1/s1. The molecule has 0 bridgehead atoms. The van der Waals surface area contributed by atoms with E-state index in [2.05, 4.69) is 0 Å². The van der Waals surface area contributed by atoms with Crippen LogP contribution in [0.5, 0.6) is 0 Å². The van der Waals surface area contributed by atoms with Crippen LogP contribution in [-0.2, 0) is 4.79 Å². The number of hydrogen-bond acceptors (Lipinski definition) is 1. The first-order chi connectivity index (χ1) is 4.81. The summed E-state index contributed by atoms with van der Waals surface area (Å²) in [5.41, 5.74) is 0.594. The zero-order valence-electron chi connectivity index (χ0n) is 6.10. The molecule has 0 spiro atoms. The lowest BCUT2D eigenvalue weighted by Crippen LogP contribution is -2.03. The molecule has 0 aromatic carbocycles. The van der Waals surface area contributed by atoms with Gasteiger partial charge < -0.3 is 0 Å². The summed E-state index contributed by atoms with van der Waals surface area (Å²) in [6.07, 6.45) is 6.11. The van der Waals surface area contributed by atoms with Crippen LogP contribution >= 0.6 is 0 Å². The van der Waals surface area contributed by atoms with E-state index in [-0.39, 0.29) is 0 Å². The molecule has 1 heteroatoms. The van der Waals surface area contributed by atoms with Gasteiger partial charge in [0.25, 0.3) is 0 Å². The van der Waals surface area contributed by atoms with Crippen molar-refractivity contribution in [3.05, 3.63) is 0 Å². The van der Waals surface area contributed by atoms with Crippen molar-refractivity contribution in [3.63, 3.8) is 0 Å². The van der Waals surface area contributed by atoms with Gasteiger partial charge >= 0.3 is 0 Å². The molecule has 3 saturated carbocycles. The van der Waals surface area contributed by atoms with Crippen LogP contribution in [0.2, 0.25) is 0 Å². The van der Waals surface area contributed by atoms with Crippen LogP contribution in [0.3, 0.4) is 0 Å². The number of ketones is 1. The maximum Gasteiger partial charge on any atom is 0.133 e. The molecule has 2 atom stereocenters. The van der Waals surface area contributed by atoms with Crippen LogP contribution < -0.4 is 0 Å². The fourth-order valence-corrected chi connectivity index (χ4v) is 2.91. The van der Waals surface area contributed by atoms with Crippen LogP contribution in [0.15, 0.2) is 0 Å². The van der Waals surface area contributed by atoms with Gasteiger partial charge in [0.05, 0.1) is 0 Å². The van der Waals surface area contributed by atoms with Crippen molar-refractivity contribution in [3.8, 4) is 0 Å². The predicted molar refractivity (Wildman–Crippen MR) is 37.5 cm³/mol. The third-order valence-corrected chi connectivity index (χ3v) is 3.67. The van der Waals surface area contributed by atoms with E-state index in [1.54, 1.807) is 0 Å². The van der Waals surface area contributed by atoms with Crippen LogP contribution in [-0.4, -0.2) is 5.78 Å². The summed E-state index contributed by atoms with van der Waals surface area (Å²) in [5, 5.41) is 0. The number of hydrogen-bond donors (Lipinski definition) is 0. The Morgan fingerprint density at radius 1 is 1.30 bits per heavy atom. The maximum absolute atomic E-state index is 11.0. The van der Waals surface area contributed by atoms with Crippen molar-refractivity contribution in [2.24, 2.45) is 17.3 Å². The largest absolute Gasteiger partial charge is 0.300 e. The Morgan fingerprint density at radius 3 is 2.60 bits per heavy atom. The smallest absolute Gasteiger partial charge is 0.133 e. The molecule has 0 heterocycles. The lowest BCUT2D eigenvalue weighted by molar-refractivity contribution is -0.118. The quantitative estimate of drug-likeness (QED) is 0.537. The third kappa shape index (κ3) is 0.480. The first kappa shape index (κ1) is 5.34. The molecule has 3 rings (SSSR count). The number of fused-ring (bicyclic) bond motifs is 1. The number of carbonyl (C=O) groups excluding carboxylic acids is 1. The second-order valence-corrected chi connectivity index (χ2v) is 4.33. The maximum atomic E-state index is 11.0. The van der Waals surface area contributed by atoms with E-state index in [4.69, 9.17) is 0 Å². The fourth-order valence-electron chi connectivity index (χ4n) is 2.91. The van der Waals surface area contributed by atoms with Crippen molar-refractivity contribution in [2.45, 2.75) is 32.1 Å². The van der Waals surface area contributed by atoms with Gasteiger partial charge in [0.15, 0.2) is 0 Å². The molecule has 10 heavy (non-hydrogen) atoms. The van der Waals surface area contributed by atoms with E-state index in [0.29, 0.717) is 11.2 Å². The van der Waals surface area contributed by atoms with Gasteiger partial charge in [-0.3, -0.25) is 4.79 Å². The molecule has 3 aliphatic rings. The Balaban J connectivity index is 1.88. The molecule has 0 aromatic rings. The van der Waals surface area contributed by atoms with E-state index in [1.165, 1.54) is 19.3 Å². The molecular formula is C9H12O.